The van der Waals surface area contributed by atoms with Gasteiger partial charge in [0.1, 0.15) is 12.1 Å². The van der Waals surface area contributed by atoms with Crippen molar-refractivity contribution >= 4 is 34.9 Å². The van der Waals surface area contributed by atoms with E-state index in [1.807, 2.05) is 25.1 Å². The summed E-state index contributed by atoms with van der Waals surface area (Å²) >= 11 is 0. The molecule has 31 heavy (non-hydrogen) atoms. The molecule has 0 bridgehead atoms. The number of aryl methyl sites for hydroxylation is 1. The summed E-state index contributed by atoms with van der Waals surface area (Å²) in [6.07, 6.45) is 1.49. The number of amides is 1. The zero-order valence-corrected chi connectivity index (χ0v) is 17.5. The molecule has 0 unspecified atom stereocenters. The van der Waals surface area contributed by atoms with Crippen molar-refractivity contribution in [3.63, 3.8) is 0 Å². The van der Waals surface area contributed by atoms with Crippen LogP contribution in [0, 0.1) is 12.7 Å². The number of benzene rings is 2. The number of hydrogen-bond donors (Lipinski definition) is 2. The highest BCUT2D eigenvalue weighted by molar-refractivity contribution is 5.90. The van der Waals surface area contributed by atoms with Gasteiger partial charge in [-0.3, -0.25) is 4.79 Å². The van der Waals surface area contributed by atoms with Gasteiger partial charge in [0, 0.05) is 50.2 Å². The minimum Gasteiger partial charge on any atom is -0.368 e. The number of anilines is 5. The van der Waals surface area contributed by atoms with Gasteiger partial charge in [-0.1, -0.05) is 6.07 Å². The number of nitrogens with one attached hydrogen (secondary N) is 2. The minimum absolute atomic E-state index is 0.123. The molecule has 0 saturated carbocycles. The molecule has 3 aromatic rings. The second kappa shape index (κ2) is 8.95. The summed E-state index contributed by atoms with van der Waals surface area (Å²) in [5.74, 6) is 0.682. The smallest absolute Gasteiger partial charge is 0.231 e. The van der Waals surface area contributed by atoms with Gasteiger partial charge in [-0.05, 0) is 48.9 Å². The molecule has 1 amide bonds. The standard InChI is InChI=1S/C22H24FN7O/c1-15-3-6-18(13-20(15)26-16(2)31)27-21-24-14-25-22(28-21)30-11-9-29(10-12-30)19-7-4-17(23)5-8-19/h3-8,13-14H,9-12H2,1-2H3,(H,26,31)(H,24,25,27,28). The van der Waals surface area contributed by atoms with Crippen LogP contribution in [0.4, 0.5) is 33.3 Å². The molecule has 2 aromatic carbocycles. The third-order valence-corrected chi connectivity index (χ3v) is 5.12. The Bertz CT molecular complexity index is 1070. The monoisotopic (exact) mass is 421 g/mol. The van der Waals surface area contributed by atoms with Crippen molar-refractivity contribution in [2.24, 2.45) is 0 Å². The summed E-state index contributed by atoms with van der Waals surface area (Å²) in [4.78, 5) is 28.8. The Balaban J connectivity index is 1.42. The molecule has 1 aromatic heterocycles. The molecule has 2 heterocycles. The first-order chi connectivity index (χ1) is 15.0. The maximum Gasteiger partial charge on any atom is 0.231 e. The van der Waals surface area contributed by atoms with E-state index in [9.17, 15) is 9.18 Å². The fourth-order valence-corrected chi connectivity index (χ4v) is 3.47. The molecule has 0 atom stereocenters. The molecule has 4 rings (SSSR count). The van der Waals surface area contributed by atoms with Crippen LogP contribution in [0.5, 0.6) is 0 Å². The van der Waals surface area contributed by atoms with Crippen molar-refractivity contribution < 1.29 is 9.18 Å². The number of hydrogen-bond acceptors (Lipinski definition) is 7. The average molecular weight is 421 g/mol. The zero-order chi connectivity index (χ0) is 21.8. The Hall–Kier alpha value is -3.75. The Kier molecular flexibility index (Phi) is 5.92. The van der Waals surface area contributed by atoms with Crippen LogP contribution in [-0.2, 0) is 4.79 Å². The van der Waals surface area contributed by atoms with E-state index < -0.39 is 0 Å². The first-order valence-electron chi connectivity index (χ1n) is 10.1. The normalized spacial score (nSPS) is 13.8. The van der Waals surface area contributed by atoms with Crippen molar-refractivity contribution in [3.05, 3.63) is 60.2 Å². The fourth-order valence-electron chi connectivity index (χ4n) is 3.47. The molecule has 160 valence electrons. The highest BCUT2D eigenvalue weighted by Gasteiger charge is 2.20. The van der Waals surface area contributed by atoms with E-state index in [4.69, 9.17) is 0 Å². The van der Waals surface area contributed by atoms with Crippen LogP contribution < -0.4 is 20.4 Å². The van der Waals surface area contributed by atoms with Crippen molar-refractivity contribution in [2.45, 2.75) is 13.8 Å². The largest absolute Gasteiger partial charge is 0.368 e. The zero-order valence-electron chi connectivity index (χ0n) is 17.5. The van der Waals surface area contributed by atoms with Gasteiger partial charge < -0.3 is 20.4 Å². The lowest BCUT2D eigenvalue weighted by molar-refractivity contribution is -0.114. The van der Waals surface area contributed by atoms with E-state index in [1.54, 1.807) is 12.1 Å². The third-order valence-electron chi connectivity index (χ3n) is 5.12. The number of aromatic nitrogens is 3. The first-order valence-corrected chi connectivity index (χ1v) is 10.1. The number of nitrogens with zero attached hydrogens (tertiary/aromatic N) is 5. The average Bonchev–Trinajstić information content (AvgIpc) is 2.77. The Labute approximate surface area is 180 Å². The molecule has 1 aliphatic heterocycles. The maximum atomic E-state index is 13.2. The predicted octanol–water partition coefficient (Wildman–Crippen LogP) is 3.35. The Morgan fingerprint density at radius 1 is 1.00 bits per heavy atom. The molecule has 2 N–H and O–H groups in total. The fraction of sp³-hybridized carbons (Fsp3) is 0.273. The van der Waals surface area contributed by atoms with Crippen LogP contribution in [0.1, 0.15) is 12.5 Å². The van der Waals surface area contributed by atoms with Gasteiger partial charge in [0.15, 0.2) is 0 Å². The number of halogens is 1. The molecule has 0 aliphatic carbocycles. The molecule has 1 aliphatic rings. The SMILES string of the molecule is CC(=O)Nc1cc(Nc2ncnc(N3CCN(c4ccc(F)cc4)CC3)n2)ccc1C. The lowest BCUT2D eigenvalue weighted by Crippen LogP contribution is -2.47. The number of rotatable bonds is 5. The van der Waals surface area contributed by atoms with Crippen LogP contribution in [0.25, 0.3) is 0 Å². The Morgan fingerprint density at radius 3 is 2.42 bits per heavy atom. The van der Waals surface area contributed by atoms with E-state index in [-0.39, 0.29) is 11.7 Å². The summed E-state index contributed by atoms with van der Waals surface area (Å²) < 4.78 is 13.2. The van der Waals surface area contributed by atoms with Crippen molar-refractivity contribution in [1.82, 2.24) is 15.0 Å². The second-order valence-electron chi connectivity index (χ2n) is 7.40. The van der Waals surface area contributed by atoms with Gasteiger partial charge in [0.25, 0.3) is 0 Å². The molecular formula is C22H24FN7O. The highest BCUT2D eigenvalue weighted by atomic mass is 19.1. The van der Waals surface area contributed by atoms with E-state index in [0.29, 0.717) is 11.9 Å². The summed E-state index contributed by atoms with van der Waals surface area (Å²) in [7, 11) is 0. The highest BCUT2D eigenvalue weighted by Crippen LogP contribution is 2.23. The molecule has 9 heteroatoms. The predicted molar refractivity (Wildman–Crippen MR) is 119 cm³/mol. The van der Waals surface area contributed by atoms with Crippen LogP contribution in [0.3, 0.4) is 0 Å². The van der Waals surface area contributed by atoms with Crippen molar-refractivity contribution in [2.75, 3.05) is 46.6 Å². The number of piperazine rings is 1. The van der Waals surface area contributed by atoms with Gasteiger partial charge in [-0.15, -0.1) is 0 Å². The lowest BCUT2D eigenvalue weighted by Gasteiger charge is -2.36. The van der Waals surface area contributed by atoms with Crippen LogP contribution >= 0.6 is 0 Å². The minimum atomic E-state index is -0.231. The third kappa shape index (κ3) is 5.06. The van der Waals surface area contributed by atoms with Gasteiger partial charge in [-0.25, -0.2) is 14.4 Å². The number of carbonyl (C=O) groups excluding carboxylic acids is 1. The molecule has 8 nitrogen and oxygen atoms in total. The van der Waals surface area contributed by atoms with Gasteiger partial charge in [0.05, 0.1) is 0 Å². The Morgan fingerprint density at radius 2 is 1.71 bits per heavy atom. The van der Waals surface area contributed by atoms with Gasteiger partial charge >= 0.3 is 0 Å². The summed E-state index contributed by atoms with van der Waals surface area (Å²) in [6, 6.07) is 12.2. The summed E-state index contributed by atoms with van der Waals surface area (Å²) in [5.41, 5.74) is 3.49. The van der Waals surface area contributed by atoms with Gasteiger partial charge in [-0.2, -0.15) is 4.98 Å². The summed E-state index contributed by atoms with van der Waals surface area (Å²) in [5, 5.41) is 6.00. The van der Waals surface area contributed by atoms with E-state index in [1.165, 1.54) is 25.4 Å². The van der Waals surface area contributed by atoms with E-state index in [2.05, 4.69) is 35.4 Å². The first kappa shape index (κ1) is 20.5. The van der Waals surface area contributed by atoms with Crippen LogP contribution in [-0.4, -0.2) is 47.0 Å². The molecular weight excluding hydrogens is 397 g/mol. The maximum absolute atomic E-state index is 13.2. The van der Waals surface area contributed by atoms with Crippen LogP contribution in [0.15, 0.2) is 48.8 Å². The quantitative estimate of drug-likeness (QED) is 0.653. The summed E-state index contributed by atoms with van der Waals surface area (Å²) in [6.45, 7) is 6.49. The van der Waals surface area contributed by atoms with Gasteiger partial charge in [0.2, 0.25) is 17.8 Å². The van der Waals surface area contributed by atoms with E-state index in [0.717, 1.165) is 48.8 Å². The molecule has 0 spiro atoms. The topological polar surface area (TPSA) is 86.3 Å². The second-order valence-corrected chi connectivity index (χ2v) is 7.40. The number of carbonyl (C=O) groups is 1. The molecule has 0 radical (unpaired) electrons. The molecule has 1 fully saturated rings. The van der Waals surface area contributed by atoms with E-state index >= 15 is 0 Å². The van der Waals surface area contributed by atoms with Crippen molar-refractivity contribution in [1.29, 1.82) is 0 Å². The lowest BCUT2D eigenvalue weighted by atomic mass is 10.2. The van der Waals surface area contributed by atoms with Crippen LogP contribution in [0.2, 0.25) is 0 Å². The van der Waals surface area contributed by atoms with Crippen molar-refractivity contribution in [3.8, 4) is 0 Å². The molecule has 1 saturated heterocycles.